The highest BCUT2D eigenvalue weighted by molar-refractivity contribution is 6.24. The third kappa shape index (κ3) is 1.92. The highest BCUT2D eigenvalue weighted by atomic mass is 35.5. The topological polar surface area (TPSA) is 46.3 Å². The molecule has 4 heteroatoms. The van der Waals surface area contributed by atoms with Crippen LogP contribution in [0.25, 0.3) is 0 Å². The van der Waals surface area contributed by atoms with Crippen molar-refractivity contribution in [3.05, 3.63) is 23.8 Å². The van der Waals surface area contributed by atoms with Crippen LogP contribution in [0.1, 0.15) is 12.0 Å². The zero-order valence-electron chi connectivity index (χ0n) is 8.53. The molecule has 1 heterocycles. The highest BCUT2D eigenvalue weighted by Gasteiger charge is 2.29. The van der Waals surface area contributed by atoms with Crippen molar-refractivity contribution in [3.63, 3.8) is 0 Å². The SMILES string of the molecule is Cc1ccc(N)cc1N1CC(Cl)CC1=O. The summed E-state index contributed by atoms with van der Waals surface area (Å²) in [4.78, 5) is 13.4. The van der Waals surface area contributed by atoms with Gasteiger partial charge in [-0.2, -0.15) is 0 Å². The van der Waals surface area contributed by atoms with Gasteiger partial charge in [0.1, 0.15) is 0 Å². The largest absolute Gasteiger partial charge is 0.399 e. The first-order valence-electron chi connectivity index (χ1n) is 4.88. The monoisotopic (exact) mass is 224 g/mol. The Hall–Kier alpha value is -1.22. The van der Waals surface area contributed by atoms with Crippen LogP contribution in [0.15, 0.2) is 18.2 Å². The van der Waals surface area contributed by atoms with Crippen molar-refractivity contribution in [2.45, 2.75) is 18.7 Å². The first-order chi connectivity index (χ1) is 7.08. The number of hydrogen-bond acceptors (Lipinski definition) is 2. The zero-order valence-corrected chi connectivity index (χ0v) is 9.29. The molecule has 1 aromatic rings. The maximum atomic E-state index is 11.6. The number of nitrogens with zero attached hydrogens (tertiary/aromatic N) is 1. The van der Waals surface area contributed by atoms with Crippen molar-refractivity contribution < 1.29 is 4.79 Å². The minimum absolute atomic E-state index is 0.0729. The summed E-state index contributed by atoms with van der Waals surface area (Å²) in [6, 6.07) is 5.57. The van der Waals surface area contributed by atoms with Gasteiger partial charge >= 0.3 is 0 Å². The van der Waals surface area contributed by atoms with Crippen LogP contribution in [0.2, 0.25) is 0 Å². The van der Waals surface area contributed by atoms with Crippen molar-refractivity contribution in [1.82, 2.24) is 0 Å². The summed E-state index contributed by atoms with van der Waals surface area (Å²) in [5.41, 5.74) is 8.29. The van der Waals surface area contributed by atoms with Gasteiger partial charge in [-0.1, -0.05) is 6.07 Å². The van der Waals surface area contributed by atoms with Crippen molar-refractivity contribution >= 4 is 28.9 Å². The molecule has 1 saturated heterocycles. The molecule has 15 heavy (non-hydrogen) atoms. The zero-order chi connectivity index (χ0) is 11.0. The molecule has 1 fully saturated rings. The summed E-state index contributed by atoms with van der Waals surface area (Å²) in [6.45, 7) is 2.54. The van der Waals surface area contributed by atoms with Crippen molar-refractivity contribution in [1.29, 1.82) is 0 Å². The Morgan fingerprint density at radius 3 is 2.87 bits per heavy atom. The quantitative estimate of drug-likeness (QED) is 0.585. The summed E-state index contributed by atoms with van der Waals surface area (Å²) < 4.78 is 0. The van der Waals surface area contributed by atoms with Gasteiger partial charge in [0.15, 0.2) is 0 Å². The molecule has 0 radical (unpaired) electrons. The van der Waals surface area contributed by atoms with Crippen LogP contribution < -0.4 is 10.6 Å². The average Bonchev–Trinajstić information content (AvgIpc) is 2.50. The maximum Gasteiger partial charge on any atom is 0.228 e. The van der Waals surface area contributed by atoms with E-state index in [2.05, 4.69) is 0 Å². The summed E-state index contributed by atoms with van der Waals surface area (Å²) in [7, 11) is 0. The van der Waals surface area contributed by atoms with Gasteiger partial charge in [-0.25, -0.2) is 0 Å². The Morgan fingerprint density at radius 2 is 2.27 bits per heavy atom. The molecule has 0 saturated carbocycles. The molecule has 3 nitrogen and oxygen atoms in total. The predicted molar refractivity (Wildman–Crippen MR) is 62.2 cm³/mol. The van der Waals surface area contributed by atoms with Crippen LogP contribution in [-0.2, 0) is 4.79 Å². The molecule has 2 N–H and O–H groups in total. The second-order valence-corrected chi connectivity index (χ2v) is 4.47. The Morgan fingerprint density at radius 1 is 1.53 bits per heavy atom. The second-order valence-electron chi connectivity index (χ2n) is 3.85. The number of carbonyl (C=O) groups is 1. The molecule has 0 aromatic heterocycles. The van der Waals surface area contributed by atoms with Crippen LogP contribution in [0.4, 0.5) is 11.4 Å². The van der Waals surface area contributed by atoms with E-state index in [1.165, 1.54) is 0 Å². The van der Waals surface area contributed by atoms with E-state index in [4.69, 9.17) is 17.3 Å². The average molecular weight is 225 g/mol. The molecule has 0 spiro atoms. The number of rotatable bonds is 1. The fourth-order valence-corrected chi connectivity index (χ4v) is 2.08. The van der Waals surface area contributed by atoms with Gasteiger partial charge in [-0.3, -0.25) is 4.79 Å². The number of benzene rings is 1. The standard InChI is InChI=1S/C11H13ClN2O/c1-7-2-3-9(13)5-10(7)14-6-8(12)4-11(14)15/h2-3,5,8H,4,6,13H2,1H3. The van der Waals surface area contributed by atoms with E-state index in [0.717, 1.165) is 11.3 Å². The van der Waals surface area contributed by atoms with E-state index in [1.807, 2.05) is 25.1 Å². The van der Waals surface area contributed by atoms with Crippen molar-refractivity contribution in [3.8, 4) is 0 Å². The number of anilines is 2. The Bertz CT molecular complexity index is 406. The molecule has 1 atom stereocenters. The minimum Gasteiger partial charge on any atom is -0.399 e. The molecule has 2 rings (SSSR count). The third-order valence-corrected chi connectivity index (χ3v) is 2.89. The molecular formula is C11H13ClN2O. The molecule has 0 bridgehead atoms. The number of amides is 1. The van der Waals surface area contributed by atoms with E-state index in [0.29, 0.717) is 18.7 Å². The lowest BCUT2D eigenvalue weighted by molar-refractivity contribution is -0.117. The summed E-state index contributed by atoms with van der Waals surface area (Å²) in [6.07, 6.45) is 0.412. The summed E-state index contributed by atoms with van der Waals surface area (Å²) in [5, 5.41) is -0.0849. The number of hydrogen-bond donors (Lipinski definition) is 1. The van der Waals surface area contributed by atoms with E-state index >= 15 is 0 Å². The lowest BCUT2D eigenvalue weighted by Gasteiger charge is -2.18. The molecule has 1 unspecified atom stereocenters. The Balaban J connectivity index is 2.37. The summed E-state index contributed by atoms with van der Waals surface area (Å²) >= 11 is 5.95. The van der Waals surface area contributed by atoms with Gasteiger partial charge in [0, 0.05) is 24.3 Å². The molecular weight excluding hydrogens is 212 g/mol. The number of alkyl halides is 1. The first-order valence-corrected chi connectivity index (χ1v) is 5.32. The van der Waals surface area contributed by atoms with Crippen LogP contribution in [0.3, 0.4) is 0 Å². The van der Waals surface area contributed by atoms with E-state index in [9.17, 15) is 4.79 Å². The van der Waals surface area contributed by atoms with Gasteiger partial charge in [-0.05, 0) is 24.6 Å². The van der Waals surface area contributed by atoms with Gasteiger partial charge in [0.05, 0.1) is 5.38 Å². The van der Waals surface area contributed by atoms with Crippen LogP contribution in [0.5, 0.6) is 0 Å². The second kappa shape index (κ2) is 3.74. The van der Waals surface area contributed by atoms with Crippen molar-refractivity contribution in [2.24, 2.45) is 0 Å². The van der Waals surface area contributed by atoms with Gasteiger partial charge in [0.2, 0.25) is 5.91 Å². The van der Waals surface area contributed by atoms with Crippen LogP contribution in [0, 0.1) is 6.92 Å². The predicted octanol–water partition coefficient (Wildman–Crippen LogP) is 1.92. The lowest BCUT2D eigenvalue weighted by Crippen LogP contribution is -2.25. The van der Waals surface area contributed by atoms with Crippen LogP contribution in [-0.4, -0.2) is 17.8 Å². The molecule has 1 amide bonds. The van der Waals surface area contributed by atoms with Crippen LogP contribution >= 0.6 is 11.6 Å². The minimum atomic E-state index is -0.0849. The fraction of sp³-hybridized carbons (Fsp3) is 0.364. The lowest BCUT2D eigenvalue weighted by atomic mass is 10.1. The number of nitrogen functional groups attached to an aromatic ring is 1. The molecule has 1 aromatic carbocycles. The smallest absolute Gasteiger partial charge is 0.228 e. The number of nitrogens with two attached hydrogens (primary N) is 1. The number of aryl methyl sites for hydroxylation is 1. The normalized spacial score (nSPS) is 21.1. The molecule has 80 valence electrons. The Kier molecular flexibility index (Phi) is 2.57. The van der Waals surface area contributed by atoms with Gasteiger partial charge in [-0.15, -0.1) is 11.6 Å². The highest BCUT2D eigenvalue weighted by Crippen LogP contribution is 2.28. The molecule has 0 aliphatic carbocycles. The first kappa shape index (κ1) is 10.3. The fourth-order valence-electron chi connectivity index (χ4n) is 1.81. The van der Waals surface area contributed by atoms with E-state index in [-0.39, 0.29) is 11.3 Å². The molecule has 1 aliphatic heterocycles. The van der Waals surface area contributed by atoms with Crippen molar-refractivity contribution in [2.75, 3.05) is 17.2 Å². The van der Waals surface area contributed by atoms with Gasteiger partial charge < -0.3 is 10.6 Å². The van der Waals surface area contributed by atoms with Gasteiger partial charge in [0.25, 0.3) is 0 Å². The Labute approximate surface area is 93.8 Å². The maximum absolute atomic E-state index is 11.6. The molecule has 1 aliphatic rings. The number of halogens is 1. The number of carbonyl (C=O) groups excluding carboxylic acids is 1. The van der Waals surface area contributed by atoms with E-state index in [1.54, 1.807) is 4.90 Å². The van der Waals surface area contributed by atoms with E-state index < -0.39 is 0 Å². The summed E-state index contributed by atoms with van der Waals surface area (Å²) in [5.74, 6) is 0.0729. The third-order valence-electron chi connectivity index (χ3n) is 2.60.